The van der Waals surface area contributed by atoms with E-state index < -0.39 is 31.1 Å². The maximum atomic E-state index is 10.3. The fraction of sp³-hybridized carbons (Fsp3) is 0.353. The van der Waals surface area contributed by atoms with E-state index in [2.05, 4.69) is 15.0 Å². The highest BCUT2D eigenvalue weighted by atomic mass is 16.6. The normalized spacial score (nSPS) is 25.2. The summed E-state index contributed by atoms with van der Waals surface area (Å²) < 4.78 is 7.09. The van der Waals surface area contributed by atoms with Crippen LogP contribution in [0.1, 0.15) is 6.23 Å². The molecule has 10 nitrogen and oxygen atoms in total. The number of aromatic nitrogens is 4. The van der Waals surface area contributed by atoms with Gasteiger partial charge >= 0.3 is 0 Å². The Morgan fingerprint density at radius 2 is 1.89 bits per heavy atom. The zero-order valence-corrected chi connectivity index (χ0v) is 14.3. The van der Waals surface area contributed by atoms with Gasteiger partial charge in [0.05, 0.1) is 19.6 Å². The zero-order chi connectivity index (χ0) is 19.0. The van der Waals surface area contributed by atoms with E-state index in [1.54, 1.807) is 4.90 Å². The Balaban J connectivity index is 1.76. The Morgan fingerprint density at radius 1 is 1.11 bits per heavy atom. The van der Waals surface area contributed by atoms with Crippen molar-refractivity contribution in [3.63, 3.8) is 0 Å². The number of fused-ring (bicyclic) bond motifs is 1. The third-order valence-electron chi connectivity index (χ3n) is 4.64. The summed E-state index contributed by atoms with van der Waals surface area (Å²) in [7, 11) is 0. The Bertz CT molecular complexity index is 920. The maximum Gasteiger partial charge on any atom is 0.167 e. The minimum Gasteiger partial charge on any atom is -0.394 e. The first-order chi connectivity index (χ1) is 13.2. The summed E-state index contributed by atoms with van der Waals surface area (Å²) in [4.78, 5) is 14.7. The molecule has 3 aromatic rings. The lowest BCUT2D eigenvalue weighted by Crippen LogP contribution is -2.33. The molecule has 4 rings (SSSR count). The van der Waals surface area contributed by atoms with Crippen LogP contribution in [0, 0.1) is 0 Å². The summed E-state index contributed by atoms with van der Waals surface area (Å²) >= 11 is 0. The Labute approximate surface area is 154 Å². The van der Waals surface area contributed by atoms with Crippen molar-refractivity contribution >= 4 is 22.7 Å². The van der Waals surface area contributed by atoms with Gasteiger partial charge in [0.2, 0.25) is 0 Å². The van der Waals surface area contributed by atoms with Crippen molar-refractivity contribution in [2.75, 3.05) is 18.2 Å². The van der Waals surface area contributed by atoms with Crippen molar-refractivity contribution in [2.24, 2.45) is 5.73 Å². The van der Waals surface area contributed by atoms with E-state index in [9.17, 15) is 15.3 Å². The van der Waals surface area contributed by atoms with Crippen LogP contribution >= 0.6 is 0 Å². The molecule has 1 fully saturated rings. The standard InChI is InChI=1S/C17H20N6O4/c18-7-22(10-4-2-1-3-5-10)15-12-16(20-8-19-15)23(9-21-12)17-14(26)13(25)11(6-24)27-17/h1-5,8-9,11,13-14,17,24-26H,6-7,18H2/t11-,13-,14-,17-/m1/s1. The summed E-state index contributed by atoms with van der Waals surface area (Å²) in [6.07, 6.45) is -1.39. The second kappa shape index (κ2) is 7.18. The summed E-state index contributed by atoms with van der Waals surface area (Å²) in [5, 5.41) is 29.6. The van der Waals surface area contributed by atoms with Gasteiger partial charge in [0.1, 0.15) is 24.6 Å². The molecule has 1 aliphatic heterocycles. The molecule has 0 unspecified atom stereocenters. The second-order valence-corrected chi connectivity index (χ2v) is 6.20. The van der Waals surface area contributed by atoms with Gasteiger partial charge in [0.25, 0.3) is 0 Å². The molecule has 2 aromatic heterocycles. The molecule has 0 saturated carbocycles. The predicted octanol–water partition coefficient (Wildman–Crippen LogP) is -0.508. The van der Waals surface area contributed by atoms with Crippen LogP contribution in [0.2, 0.25) is 0 Å². The Hall–Kier alpha value is -2.63. The fourth-order valence-corrected chi connectivity index (χ4v) is 3.26. The van der Waals surface area contributed by atoms with E-state index in [-0.39, 0.29) is 6.67 Å². The summed E-state index contributed by atoms with van der Waals surface area (Å²) in [6, 6.07) is 9.51. The molecule has 0 spiro atoms. The highest BCUT2D eigenvalue weighted by Gasteiger charge is 2.44. The SMILES string of the molecule is NCN(c1ccccc1)c1ncnc2c1ncn2[C@@H]1O[C@H](CO)[C@@H](O)[C@H]1O. The van der Waals surface area contributed by atoms with E-state index in [4.69, 9.17) is 10.5 Å². The van der Waals surface area contributed by atoms with Gasteiger partial charge in [-0.2, -0.15) is 0 Å². The first-order valence-corrected chi connectivity index (χ1v) is 8.48. The smallest absolute Gasteiger partial charge is 0.167 e. The van der Waals surface area contributed by atoms with Crippen molar-refractivity contribution in [2.45, 2.75) is 24.5 Å². The monoisotopic (exact) mass is 372 g/mol. The fourth-order valence-electron chi connectivity index (χ4n) is 3.26. The molecule has 0 bridgehead atoms. The number of nitrogens with two attached hydrogens (primary N) is 1. The number of imidazole rings is 1. The lowest BCUT2D eigenvalue weighted by Gasteiger charge is -2.22. The van der Waals surface area contributed by atoms with Crippen LogP contribution in [0.4, 0.5) is 11.5 Å². The molecule has 5 N–H and O–H groups in total. The number of aliphatic hydroxyl groups is 3. The highest BCUT2D eigenvalue weighted by molar-refractivity contribution is 5.86. The number of hydrogen-bond acceptors (Lipinski definition) is 9. The molecule has 4 atom stereocenters. The van der Waals surface area contributed by atoms with E-state index in [1.165, 1.54) is 17.2 Å². The van der Waals surface area contributed by atoms with Crippen molar-refractivity contribution in [3.05, 3.63) is 43.0 Å². The van der Waals surface area contributed by atoms with Crippen LogP contribution in [0.3, 0.4) is 0 Å². The van der Waals surface area contributed by atoms with Crippen LogP contribution in [0.5, 0.6) is 0 Å². The average molecular weight is 372 g/mol. The van der Waals surface area contributed by atoms with Crippen molar-refractivity contribution in [1.82, 2.24) is 19.5 Å². The van der Waals surface area contributed by atoms with Gasteiger partial charge in [-0.05, 0) is 12.1 Å². The molecule has 1 aliphatic rings. The molecule has 10 heteroatoms. The summed E-state index contributed by atoms with van der Waals surface area (Å²) in [5.41, 5.74) is 7.69. The minimum atomic E-state index is -1.22. The van der Waals surface area contributed by atoms with Gasteiger partial charge < -0.3 is 30.7 Å². The number of ether oxygens (including phenoxy) is 1. The third-order valence-corrected chi connectivity index (χ3v) is 4.64. The van der Waals surface area contributed by atoms with Gasteiger partial charge in [-0.3, -0.25) is 4.57 Å². The highest BCUT2D eigenvalue weighted by Crippen LogP contribution is 2.33. The molecular formula is C17H20N6O4. The van der Waals surface area contributed by atoms with Gasteiger partial charge in [-0.15, -0.1) is 0 Å². The third kappa shape index (κ3) is 2.93. The number of aliphatic hydroxyl groups excluding tert-OH is 3. The molecule has 1 saturated heterocycles. The van der Waals surface area contributed by atoms with Crippen LogP contribution in [0.25, 0.3) is 11.2 Å². The molecule has 0 amide bonds. The topological polar surface area (TPSA) is 143 Å². The van der Waals surface area contributed by atoms with Gasteiger partial charge in [0, 0.05) is 5.69 Å². The molecule has 27 heavy (non-hydrogen) atoms. The zero-order valence-electron chi connectivity index (χ0n) is 14.3. The van der Waals surface area contributed by atoms with Crippen LogP contribution in [-0.2, 0) is 4.74 Å². The average Bonchev–Trinajstić information content (AvgIpc) is 3.25. The molecule has 142 valence electrons. The summed E-state index contributed by atoms with van der Waals surface area (Å²) in [6.45, 7) is -0.229. The number of hydrogen-bond donors (Lipinski definition) is 4. The first kappa shape index (κ1) is 17.8. The quantitative estimate of drug-likeness (QED) is 0.435. The maximum absolute atomic E-state index is 10.3. The number of rotatable bonds is 5. The van der Waals surface area contributed by atoms with Crippen LogP contribution < -0.4 is 10.6 Å². The predicted molar refractivity (Wildman–Crippen MR) is 96.0 cm³/mol. The van der Waals surface area contributed by atoms with E-state index in [0.717, 1.165) is 5.69 Å². The number of nitrogens with zero attached hydrogens (tertiary/aromatic N) is 5. The lowest BCUT2D eigenvalue weighted by molar-refractivity contribution is -0.0511. The van der Waals surface area contributed by atoms with E-state index in [1.807, 2.05) is 30.3 Å². The Morgan fingerprint density at radius 3 is 2.56 bits per heavy atom. The van der Waals surface area contributed by atoms with Crippen LogP contribution in [-0.4, -0.2) is 66.4 Å². The molecule has 1 aromatic carbocycles. The van der Waals surface area contributed by atoms with Crippen molar-refractivity contribution < 1.29 is 20.1 Å². The van der Waals surface area contributed by atoms with Gasteiger partial charge in [0.15, 0.2) is 23.2 Å². The van der Waals surface area contributed by atoms with Crippen molar-refractivity contribution in [1.29, 1.82) is 0 Å². The van der Waals surface area contributed by atoms with E-state index in [0.29, 0.717) is 17.0 Å². The van der Waals surface area contributed by atoms with Gasteiger partial charge in [-0.25, -0.2) is 15.0 Å². The number of anilines is 2. The second-order valence-electron chi connectivity index (χ2n) is 6.20. The minimum absolute atomic E-state index is 0.177. The molecule has 0 radical (unpaired) electrons. The first-order valence-electron chi connectivity index (χ1n) is 8.48. The molecule has 0 aliphatic carbocycles. The van der Waals surface area contributed by atoms with E-state index >= 15 is 0 Å². The molecule has 3 heterocycles. The number of para-hydroxylation sites is 1. The van der Waals surface area contributed by atoms with Gasteiger partial charge in [-0.1, -0.05) is 18.2 Å². The van der Waals surface area contributed by atoms with Crippen LogP contribution in [0.15, 0.2) is 43.0 Å². The lowest BCUT2D eigenvalue weighted by atomic mass is 10.1. The largest absolute Gasteiger partial charge is 0.394 e. The van der Waals surface area contributed by atoms with Crippen molar-refractivity contribution in [3.8, 4) is 0 Å². The number of benzene rings is 1. The molecular weight excluding hydrogens is 352 g/mol. The summed E-state index contributed by atoms with van der Waals surface area (Å²) in [5.74, 6) is 0.513. The Kier molecular flexibility index (Phi) is 4.72.